The van der Waals surface area contributed by atoms with E-state index >= 15 is 0 Å². The van der Waals surface area contributed by atoms with Gasteiger partial charge >= 0.3 is 0 Å². The van der Waals surface area contributed by atoms with Gasteiger partial charge < -0.3 is 0 Å². The van der Waals surface area contributed by atoms with Crippen LogP contribution in [0, 0.1) is 43.3 Å². The average molecular weight is 349 g/mol. The van der Waals surface area contributed by atoms with Crippen molar-refractivity contribution < 1.29 is 4.39 Å². The van der Waals surface area contributed by atoms with Gasteiger partial charge in [-0.25, -0.2) is 4.39 Å². The first-order valence-electron chi connectivity index (χ1n) is 8.85. The number of benzene rings is 3. The van der Waals surface area contributed by atoms with Crippen LogP contribution in [0.2, 0.25) is 6.82 Å². The number of hydrogen-bond acceptors (Lipinski definition) is 0. The topological polar surface area (TPSA) is 0 Å². The Morgan fingerprint density at radius 1 is 0.630 bits per heavy atom. The molecule has 0 saturated carbocycles. The van der Waals surface area contributed by atoms with Crippen molar-refractivity contribution in [3.63, 3.8) is 0 Å². The standard InChI is InChI=1S/C25H19BF/c1-18-4-5-22(16-19(18)2)12-10-20-6-8-21(9-7-20)11-13-23-14-15-24(26-3)25(27)17-23/h4-9,14-17H,1-3H3. The second kappa shape index (κ2) is 8.44. The molecule has 0 aliphatic rings. The minimum atomic E-state index is -0.249. The SMILES string of the molecule is C[B]c1ccc(C#Cc2ccc(C#Cc3ccc(C)c(C)c3)cc2)cc1F. The summed E-state index contributed by atoms with van der Waals surface area (Å²) < 4.78 is 13.8. The Balaban J connectivity index is 1.74. The van der Waals surface area contributed by atoms with Gasteiger partial charge in [-0.15, -0.1) is 0 Å². The monoisotopic (exact) mass is 349 g/mol. The van der Waals surface area contributed by atoms with Gasteiger partial charge in [0.1, 0.15) is 5.82 Å². The minimum absolute atomic E-state index is 0.249. The van der Waals surface area contributed by atoms with Gasteiger partial charge in [0.15, 0.2) is 7.28 Å². The zero-order valence-electron chi connectivity index (χ0n) is 15.7. The summed E-state index contributed by atoms with van der Waals surface area (Å²) in [7, 11) is 1.74. The molecule has 0 aromatic heterocycles. The fourth-order valence-corrected chi connectivity index (χ4v) is 2.58. The van der Waals surface area contributed by atoms with Crippen LogP contribution >= 0.6 is 0 Å². The van der Waals surface area contributed by atoms with E-state index < -0.39 is 0 Å². The van der Waals surface area contributed by atoms with E-state index in [0.29, 0.717) is 11.0 Å². The van der Waals surface area contributed by atoms with Crippen molar-refractivity contribution in [2.24, 2.45) is 0 Å². The van der Waals surface area contributed by atoms with Crippen LogP contribution < -0.4 is 5.46 Å². The molecule has 129 valence electrons. The molecule has 3 aromatic rings. The Kier molecular flexibility index (Phi) is 5.80. The molecule has 0 atom stereocenters. The Labute approximate surface area is 161 Å². The van der Waals surface area contributed by atoms with Crippen LogP contribution in [-0.2, 0) is 0 Å². The van der Waals surface area contributed by atoms with Gasteiger partial charge in [-0.3, -0.25) is 0 Å². The third-order valence-electron chi connectivity index (χ3n) is 4.41. The predicted molar refractivity (Wildman–Crippen MR) is 112 cm³/mol. The Morgan fingerprint density at radius 3 is 1.63 bits per heavy atom. The van der Waals surface area contributed by atoms with Crippen molar-refractivity contribution in [1.82, 2.24) is 0 Å². The normalized spacial score (nSPS) is 9.63. The fourth-order valence-electron chi connectivity index (χ4n) is 2.58. The van der Waals surface area contributed by atoms with Crippen LogP contribution in [0.1, 0.15) is 33.4 Å². The highest BCUT2D eigenvalue weighted by Gasteiger charge is 2.00. The summed E-state index contributed by atoms with van der Waals surface area (Å²) >= 11 is 0. The van der Waals surface area contributed by atoms with E-state index in [1.807, 2.05) is 43.2 Å². The van der Waals surface area contributed by atoms with Crippen molar-refractivity contribution in [3.8, 4) is 23.7 Å². The highest BCUT2D eigenvalue weighted by Crippen LogP contribution is 2.09. The molecule has 0 spiro atoms. The molecule has 27 heavy (non-hydrogen) atoms. The summed E-state index contributed by atoms with van der Waals surface area (Å²) in [6.45, 7) is 6.00. The molecule has 1 radical (unpaired) electrons. The highest BCUT2D eigenvalue weighted by atomic mass is 19.1. The lowest BCUT2D eigenvalue weighted by Gasteiger charge is -1.99. The first-order chi connectivity index (χ1) is 13.0. The predicted octanol–water partition coefficient (Wildman–Crippen LogP) is 4.62. The highest BCUT2D eigenvalue weighted by molar-refractivity contribution is 6.52. The zero-order chi connectivity index (χ0) is 19.2. The second-order valence-corrected chi connectivity index (χ2v) is 6.40. The van der Waals surface area contributed by atoms with Crippen molar-refractivity contribution in [1.29, 1.82) is 0 Å². The van der Waals surface area contributed by atoms with Crippen LogP contribution in [0.25, 0.3) is 0 Å². The van der Waals surface area contributed by atoms with Gasteiger partial charge in [0.2, 0.25) is 0 Å². The minimum Gasteiger partial charge on any atom is -0.208 e. The third kappa shape index (κ3) is 4.90. The summed E-state index contributed by atoms with van der Waals surface area (Å²) in [4.78, 5) is 0. The third-order valence-corrected chi connectivity index (χ3v) is 4.41. The molecule has 0 aliphatic heterocycles. The molecule has 3 rings (SSSR count). The van der Waals surface area contributed by atoms with Crippen molar-refractivity contribution in [2.45, 2.75) is 20.7 Å². The van der Waals surface area contributed by atoms with Crippen LogP contribution in [0.5, 0.6) is 0 Å². The summed E-state index contributed by atoms with van der Waals surface area (Å²) in [6.07, 6.45) is 0. The van der Waals surface area contributed by atoms with E-state index in [4.69, 9.17) is 0 Å². The van der Waals surface area contributed by atoms with E-state index in [2.05, 4.69) is 49.7 Å². The van der Waals surface area contributed by atoms with Crippen LogP contribution in [0.15, 0.2) is 60.7 Å². The largest absolute Gasteiger partial charge is 0.208 e. The molecule has 0 saturated heterocycles. The summed E-state index contributed by atoms with van der Waals surface area (Å²) in [5.41, 5.74) is 6.59. The van der Waals surface area contributed by atoms with Crippen LogP contribution in [0.4, 0.5) is 4.39 Å². The lowest BCUT2D eigenvalue weighted by molar-refractivity contribution is 0.635. The lowest BCUT2D eigenvalue weighted by Crippen LogP contribution is -2.15. The number of hydrogen-bond donors (Lipinski definition) is 0. The van der Waals surface area contributed by atoms with E-state index in [1.165, 1.54) is 17.2 Å². The zero-order valence-corrected chi connectivity index (χ0v) is 15.7. The number of aryl methyl sites for hydroxylation is 2. The van der Waals surface area contributed by atoms with Gasteiger partial charge in [-0.05, 0) is 73.5 Å². The van der Waals surface area contributed by atoms with E-state index in [9.17, 15) is 4.39 Å². The molecule has 0 bridgehead atoms. The second-order valence-electron chi connectivity index (χ2n) is 6.40. The molecule has 0 N–H and O–H groups in total. The maximum absolute atomic E-state index is 13.8. The first kappa shape index (κ1) is 18.6. The first-order valence-corrected chi connectivity index (χ1v) is 8.85. The number of halogens is 1. The van der Waals surface area contributed by atoms with Gasteiger partial charge in [0.05, 0.1) is 0 Å². The molecule has 0 amide bonds. The molecule has 0 nitrogen and oxygen atoms in total. The molecule has 3 aromatic carbocycles. The Hall–Kier alpha value is -3.23. The van der Waals surface area contributed by atoms with E-state index in [0.717, 1.165) is 16.7 Å². The van der Waals surface area contributed by atoms with Gasteiger partial charge in [-0.1, -0.05) is 48.1 Å². The molecule has 0 heterocycles. The molecule has 0 fully saturated rings. The summed E-state index contributed by atoms with van der Waals surface area (Å²) in [5, 5.41) is 0. The smallest absolute Gasteiger partial charge is 0.152 e. The van der Waals surface area contributed by atoms with Gasteiger partial charge in [-0.2, -0.15) is 0 Å². The van der Waals surface area contributed by atoms with Crippen molar-refractivity contribution in [3.05, 3.63) is 99.9 Å². The molecule has 2 heteroatoms. The quantitative estimate of drug-likeness (QED) is 0.444. The van der Waals surface area contributed by atoms with Crippen LogP contribution in [-0.4, -0.2) is 7.28 Å². The molecule has 0 unspecified atom stereocenters. The van der Waals surface area contributed by atoms with Crippen molar-refractivity contribution >= 4 is 12.7 Å². The fraction of sp³-hybridized carbons (Fsp3) is 0.120. The number of rotatable bonds is 1. The average Bonchev–Trinajstić information content (AvgIpc) is 2.68. The molecule has 0 aliphatic carbocycles. The van der Waals surface area contributed by atoms with E-state index in [-0.39, 0.29) is 5.82 Å². The summed E-state index contributed by atoms with van der Waals surface area (Å²) in [5.74, 6) is 12.2. The Morgan fingerprint density at radius 2 is 1.11 bits per heavy atom. The Bertz CT molecular complexity index is 1090. The van der Waals surface area contributed by atoms with Gasteiger partial charge in [0, 0.05) is 22.3 Å². The van der Waals surface area contributed by atoms with Gasteiger partial charge in [0.25, 0.3) is 0 Å². The van der Waals surface area contributed by atoms with Crippen LogP contribution in [0.3, 0.4) is 0 Å². The summed E-state index contributed by atoms with van der Waals surface area (Å²) in [6, 6.07) is 19.0. The maximum atomic E-state index is 13.8. The molecular weight excluding hydrogens is 330 g/mol. The lowest BCUT2D eigenvalue weighted by atomic mass is 9.73. The van der Waals surface area contributed by atoms with Crippen molar-refractivity contribution in [2.75, 3.05) is 0 Å². The van der Waals surface area contributed by atoms with E-state index in [1.54, 1.807) is 13.3 Å². The maximum Gasteiger partial charge on any atom is 0.152 e. The molecular formula is C25H19BF.